The van der Waals surface area contributed by atoms with Crippen LogP contribution in [0.3, 0.4) is 0 Å². The minimum absolute atomic E-state index is 0.225. The van der Waals surface area contributed by atoms with Crippen LogP contribution in [0.4, 0.5) is 23.1 Å². The maximum Gasteiger partial charge on any atom is 0.248 e. The van der Waals surface area contributed by atoms with Crippen molar-refractivity contribution in [1.29, 1.82) is 0 Å². The Morgan fingerprint density at radius 1 is 0.941 bits per heavy atom. The number of nitrogens with zero attached hydrogens (tertiary/aromatic N) is 3. The fourth-order valence-electron chi connectivity index (χ4n) is 3.77. The van der Waals surface area contributed by atoms with E-state index in [2.05, 4.69) is 25.5 Å². The number of amides is 1. The predicted molar refractivity (Wildman–Crippen MR) is 135 cm³/mol. The number of rotatable bonds is 8. The highest BCUT2D eigenvalue weighted by Crippen LogP contribution is 2.28. The molecule has 1 aliphatic rings. The molecule has 0 bridgehead atoms. The molecule has 0 radical (unpaired) electrons. The fourth-order valence-corrected chi connectivity index (χ4v) is 3.77. The lowest BCUT2D eigenvalue weighted by Crippen LogP contribution is -2.21. The molecular formula is C26H29N5O3. The third-order valence-corrected chi connectivity index (χ3v) is 5.49. The molecule has 1 aliphatic heterocycles. The fraction of sp³-hybridized carbons (Fsp3) is 0.269. The topological polar surface area (TPSA) is 88.6 Å². The first-order valence-corrected chi connectivity index (χ1v) is 11.2. The van der Waals surface area contributed by atoms with Crippen molar-refractivity contribution in [2.75, 3.05) is 42.8 Å². The van der Waals surface area contributed by atoms with Gasteiger partial charge in [0.25, 0.3) is 0 Å². The van der Waals surface area contributed by atoms with Gasteiger partial charge in [-0.1, -0.05) is 6.07 Å². The van der Waals surface area contributed by atoms with Gasteiger partial charge in [0, 0.05) is 42.3 Å². The molecule has 176 valence electrons. The molecule has 1 fully saturated rings. The number of benzene rings is 2. The normalized spacial score (nSPS) is 13.2. The summed E-state index contributed by atoms with van der Waals surface area (Å²) in [4.78, 5) is 23.8. The Bertz CT molecular complexity index is 1170. The van der Waals surface area contributed by atoms with E-state index in [9.17, 15) is 4.79 Å². The molecule has 2 heterocycles. The highest BCUT2D eigenvalue weighted by atomic mass is 16.5. The summed E-state index contributed by atoms with van der Waals surface area (Å²) >= 11 is 0. The van der Waals surface area contributed by atoms with E-state index in [1.807, 2.05) is 49.4 Å². The Labute approximate surface area is 199 Å². The van der Waals surface area contributed by atoms with E-state index < -0.39 is 0 Å². The largest absolute Gasteiger partial charge is 0.493 e. The lowest BCUT2D eigenvalue weighted by molar-refractivity contribution is -0.111. The summed E-state index contributed by atoms with van der Waals surface area (Å²) in [6.07, 6.45) is 5.56. The second kappa shape index (κ2) is 10.7. The standard InChI is InChI=1S/C26H29N5O3/c1-18-16-24(30-26(27-18)31-14-4-5-15-31)28-20-8-10-21(11-9-20)29-25(32)13-7-19-6-12-22(33-2)23(17-19)34-3/h6-13,16-17H,4-5,14-15H2,1-3H3,(H,29,32)(H,27,28,30)/b13-7+. The van der Waals surface area contributed by atoms with Crippen LogP contribution in [0.5, 0.6) is 11.5 Å². The highest BCUT2D eigenvalue weighted by molar-refractivity contribution is 6.02. The summed E-state index contributed by atoms with van der Waals surface area (Å²) in [5.74, 6) is 2.55. The maximum atomic E-state index is 12.3. The second-order valence-corrected chi connectivity index (χ2v) is 8.03. The number of hydrogen-bond donors (Lipinski definition) is 2. The molecule has 8 nitrogen and oxygen atoms in total. The average molecular weight is 460 g/mol. The molecule has 1 saturated heterocycles. The smallest absolute Gasteiger partial charge is 0.248 e. The van der Waals surface area contributed by atoms with Crippen molar-refractivity contribution < 1.29 is 14.3 Å². The lowest BCUT2D eigenvalue weighted by atomic mass is 10.2. The maximum absolute atomic E-state index is 12.3. The molecule has 1 aromatic heterocycles. The molecule has 8 heteroatoms. The molecule has 4 rings (SSSR count). The van der Waals surface area contributed by atoms with E-state index in [4.69, 9.17) is 9.47 Å². The van der Waals surface area contributed by atoms with Crippen molar-refractivity contribution in [3.63, 3.8) is 0 Å². The van der Waals surface area contributed by atoms with Crippen molar-refractivity contribution >= 4 is 35.1 Å². The van der Waals surface area contributed by atoms with Gasteiger partial charge in [-0.25, -0.2) is 4.98 Å². The summed E-state index contributed by atoms with van der Waals surface area (Å²) in [6, 6.07) is 14.9. The monoisotopic (exact) mass is 459 g/mol. The van der Waals surface area contributed by atoms with E-state index in [0.717, 1.165) is 41.8 Å². The van der Waals surface area contributed by atoms with E-state index >= 15 is 0 Å². The van der Waals surface area contributed by atoms with Crippen LogP contribution in [0.25, 0.3) is 6.08 Å². The molecular weight excluding hydrogens is 430 g/mol. The molecule has 2 N–H and O–H groups in total. The van der Waals surface area contributed by atoms with Crippen molar-refractivity contribution in [1.82, 2.24) is 9.97 Å². The Morgan fingerprint density at radius 3 is 2.35 bits per heavy atom. The van der Waals surface area contributed by atoms with Gasteiger partial charge in [0.05, 0.1) is 14.2 Å². The Balaban J connectivity index is 1.36. The van der Waals surface area contributed by atoms with Crippen molar-refractivity contribution in [3.8, 4) is 11.5 Å². The van der Waals surface area contributed by atoms with E-state index in [0.29, 0.717) is 17.2 Å². The van der Waals surface area contributed by atoms with Gasteiger partial charge in [0.15, 0.2) is 11.5 Å². The number of methoxy groups -OCH3 is 2. The van der Waals surface area contributed by atoms with Crippen molar-refractivity contribution in [2.24, 2.45) is 0 Å². The summed E-state index contributed by atoms with van der Waals surface area (Å²) in [6.45, 7) is 3.97. The summed E-state index contributed by atoms with van der Waals surface area (Å²) < 4.78 is 10.5. The van der Waals surface area contributed by atoms with Crippen molar-refractivity contribution in [3.05, 3.63) is 65.9 Å². The molecule has 0 atom stereocenters. The second-order valence-electron chi connectivity index (χ2n) is 8.03. The van der Waals surface area contributed by atoms with Crippen LogP contribution in [-0.4, -0.2) is 43.2 Å². The zero-order valence-corrected chi connectivity index (χ0v) is 19.7. The first-order chi connectivity index (χ1) is 16.5. The number of carbonyl (C=O) groups is 1. The number of aryl methyl sites for hydroxylation is 1. The summed E-state index contributed by atoms with van der Waals surface area (Å²) in [7, 11) is 3.16. The highest BCUT2D eigenvalue weighted by Gasteiger charge is 2.16. The van der Waals surface area contributed by atoms with Gasteiger partial charge in [-0.2, -0.15) is 4.98 Å². The summed E-state index contributed by atoms with van der Waals surface area (Å²) in [5.41, 5.74) is 3.33. The van der Waals surface area contributed by atoms with Crippen molar-refractivity contribution in [2.45, 2.75) is 19.8 Å². The van der Waals surface area contributed by atoms with Gasteiger partial charge in [-0.05, 0) is 67.8 Å². The third kappa shape index (κ3) is 5.83. The van der Waals surface area contributed by atoms with E-state index in [1.54, 1.807) is 26.4 Å². The van der Waals surface area contributed by atoms with E-state index in [1.165, 1.54) is 18.9 Å². The molecule has 2 aromatic carbocycles. The first-order valence-electron chi connectivity index (χ1n) is 11.2. The number of carbonyl (C=O) groups excluding carboxylic acids is 1. The zero-order chi connectivity index (χ0) is 23.9. The van der Waals surface area contributed by atoms with Crippen LogP contribution in [0.1, 0.15) is 24.1 Å². The van der Waals surface area contributed by atoms with E-state index in [-0.39, 0.29) is 5.91 Å². The Morgan fingerprint density at radius 2 is 1.65 bits per heavy atom. The third-order valence-electron chi connectivity index (χ3n) is 5.49. The zero-order valence-electron chi connectivity index (χ0n) is 19.7. The quantitative estimate of drug-likeness (QED) is 0.468. The molecule has 0 spiro atoms. The number of hydrogen-bond acceptors (Lipinski definition) is 7. The van der Waals surface area contributed by atoms with Gasteiger partial charge in [-0.3, -0.25) is 4.79 Å². The molecule has 0 unspecified atom stereocenters. The minimum atomic E-state index is -0.225. The molecule has 0 aliphatic carbocycles. The summed E-state index contributed by atoms with van der Waals surface area (Å²) in [5, 5.41) is 6.20. The Hall–Kier alpha value is -4.07. The van der Waals surface area contributed by atoms with Crippen LogP contribution in [-0.2, 0) is 4.79 Å². The number of ether oxygens (including phenoxy) is 2. The van der Waals surface area contributed by atoms with Gasteiger partial charge in [-0.15, -0.1) is 0 Å². The SMILES string of the molecule is COc1ccc(/C=C/C(=O)Nc2ccc(Nc3cc(C)nc(N4CCCC4)n3)cc2)cc1OC. The number of aromatic nitrogens is 2. The minimum Gasteiger partial charge on any atom is -0.493 e. The van der Waals surface area contributed by atoms with Gasteiger partial charge in [0.2, 0.25) is 11.9 Å². The molecule has 34 heavy (non-hydrogen) atoms. The number of anilines is 4. The van der Waals surface area contributed by atoms with Gasteiger partial charge < -0.3 is 25.0 Å². The first kappa shape index (κ1) is 23.1. The van der Waals surface area contributed by atoms with Crippen LogP contribution in [0.2, 0.25) is 0 Å². The van der Waals surface area contributed by atoms with Gasteiger partial charge in [0.1, 0.15) is 5.82 Å². The average Bonchev–Trinajstić information content (AvgIpc) is 3.39. The lowest BCUT2D eigenvalue weighted by Gasteiger charge is -2.17. The van der Waals surface area contributed by atoms with Gasteiger partial charge >= 0.3 is 0 Å². The van der Waals surface area contributed by atoms with Crippen LogP contribution < -0.4 is 25.0 Å². The number of nitrogens with one attached hydrogen (secondary N) is 2. The Kier molecular flexibility index (Phi) is 7.27. The molecule has 1 amide bonds. The predicted octanol–water partition coefficient (Wildman–Crippen LogP) is 4.80. The van der Waals surface area contributed by atoms with Crippen LogP contribution in [0, 0.1) is 6.92 Å². The van der Waals surface area contributed by atoms with Crippen LogP contribution in [0.15, 0.2) is 54.6 Å². The van der Waals surface area contributed by atoms with Crippen LogP contribution >= 0.6 is 0 Å². The molecule has 0 saturated carbocycles. The molecule has 3 aromatic rings.